The minimum Gasteiger partial charge on any atom is -0.352 e. The largest absolute Gasteiger partial charge is 0.352 e. The Morgan fingerprint density at radius 3 is 2.10 bits per heavy atom. The fraction of sp³-hybridized carbons (Fsp3) is 0.417. The summed E-state index contributed by atoms with van der Waals surface area (Å²) in [6.45, 7) is 8.38. The summed E-state index contributed by atoms with van der Waals surface area (Å²) in [5.41, 5.74) is 3.05. The lowest BCUT2D eigenvalue weighted by molar-refractivity contribution is -0.141. The van der Waals surface area contributed by atoms with Crippen LogP contribution in [-0.4, -0.2) is 28.8 Å². The first-order valence-electron chi connectivity index (χ1n) is 10.2. The van der Waals surface area contributed by atoms with Crippen LogP contribution in [0.4, 0.5) is 0 Å². The normalized spacial score (nSPS) is 12.9. The number of amides is 2. The van der Waals surface area contributed by atoms with Gasteiger partial charge in [-0.25, -0.2) is 0 Å². The van der Waals surface area contributed by atoms with E-state index >= 15 is 0 Å². The molecule has 0 aromatic heterocycles. The van der Waals surface area contributed by atoms with Crippen molar-refractivity contribution in [2.24, 2.45) is 0 Å². The van der Waals surface area contributed by atoms with Gasteiger partial charge in [-0.1, -0.05) is 67.4 Å². The lowest BCUT2D eigenvalue weighted by Gasteiger charge is -2.31. The average molecular weight is 415 g/mol. The molecule has 29 heavy (non-hydrogen) atoms. The number of benzene rings is 2. The monoisotopic (exact) mass is 414 g/mol. The predicted molar refractivity (Wildman–Crippen MR) is 119 cm³/mol. The molecule has 0 aliphatic rings. The minimum atomic E-state index is -0.509. The van der Waals surface area contributed by atoms with Crippen LogP contribution in [0, 0.1) is 6.92 Å². The van der Waals surface area contributed by atoms with Crippen molar-refractivity contribution in [1.29, 1.82) is 0 Å². The first-order chi connectivity index (χ1) is 13.8. The van der Waals surface area contributed by atoms with Crippen molar-refractivity contribution in [3.05, 3.63) is 70.2 Å². The van der Waals surface area contributed by atoms with Crippen molar-refractivity contribution in [2.75, 3.05) is 0 Å². The number of nitrogens with one attached hydrogen (secondary N) is 1. The lowest BCUT2D eigenvalue weighted by atomic mass is 10.1. The Hall–Kier alpha value is -2.33. The van der Waals surface area contributed by atoms with E-state index in [1.165, 1.54) is 0 Å². The van der Waals surface area contributed by atoms with E-state index < -0.39 is 6.04 Å². The molecule has 2 rings (SSSR count). The topological polar surface area (TPSA) is 49.4 Å². The Labute approximate surface area is 179 Å². The van der Waals surface area contributed by atoms with Crippen molar-refractivity contribution in [1.82, 2.24) is 10.2 Å². The summed E-state index contributed by atoms with van der Waals surface area (Å²) in [6, 6.07) is 14.9. The second kappa shape index (κ2) is 11.0. The highest BCUT2D eigenvalue weighted by molar-refractivity contribution is 6.30. The number of hydrogen-bond acceptors (Lipinski definition) is 2. The van der Waals surface area contributed by atoms with Crippen molar-refractivity contribution < 1.29 is 9.59 Å². The van der Waals surface area contributed by atoms with Crippen LogP contribution < -0.4 is 5.32 Å². The van der Waals surface area contributed by atoms with Crippen molar-refractivity contribution >= 4 is 23.4 Å². The molecule has 0 heterocycles. The molecule has 2 amide bonds. The maximum absolute atomic E-state index is 13.2. The first kappa shape index (κ1) is 23.0. The van der Waals surface area contributed by atoms with Gasteiger partial charge in [0.2, 0.25) is 11.8 Å². The second-order valence-electron chi connectivity index (χ2n) is 7.55. The summed E-state index contributed by atoms with van der Waals surface area (Å²) in [4.78, 5) is 27.9. The smallest absolute Gasteiger partial charge is 0.243 e. The molecule has 5 heteroatoms. The van der Waals surface area contributed by atoms with Crippen LogP contribution >= 0.6 is 11.6 Å². The third-order valence-corrected chi connectivity index (χ3v) is 5.38. The van der Waals surface area contributed by atoms with Gasteiger partial charge in [0.05, 0.1) is 6.42 Å². The third-order valence-electron chi connectivity index (χ3n) is 5.13. The van der Waals surface area contributed by atoms with Gasteiger partial charge in [-0.15, -0.1) is 0 Å². The average Bonchev–Trinajstić information content (AvgIpc) is 2.70. The van der Waals surface area contributed by atoms with Crippen LogP contribution in [0.3, 0.4) is 0 Å². The van der Waals surface area contributed by atoms with E-state index in [1.54, 1.807) is 17.0 Å². The molecule has 0 aliphatic heterocycles. The number of hydrogen-bond donors (Lipinski definition) is 1. The summed E-state index contributed by atoms with van der Waals surface area (Å²) in [5, 5.41) is 3.67. The standard InChI is InChI=1S/C24H31ClN2O2/c1-5-18(4)26-24(29)22(6-2)27(16-20-9-7-17(3)8-10-20)23(28)15-19-11-13-21(25)14-12-19/h7-14,18,22H,5-6,15-16H2,1-4H3,(H,26,29)/t18-,22+/m1/s1. The summed E-state index contributed by atoms with van der Waals surface area (Å²) in [5.74, 6) is -0.169. The van der Waals surface area contributed by atoms with E-state index in [4.69, 9.17) is 11.6 Å². The SMILES string of the molecule is CC[C@@H](C)NC(=O)[C@H](CC)N(Cc1ccc(C)cc1)C(=O)Cc1ccc(Cl)cc1. The Kier molecular flexibility index (Phi) is 8.71. The molecule has 156 valence electrons. The van der Waals surface area contributed by atoms with Crippen LogP contribution in [0.15, 0.2) is 48.5 Å². The van der Waals surface area contributed by atoms with E-state index in [0.29, 0.717) is 18.0 Å². The van der Waals surface area contributed by atoms with E-state index in [0.717, 1.165) is 23.1 Å². The van der Waals surface area contributed by atoms with E-state index in [1.807, 2.05) is 64.1 Å². The summed E-state index contributed by atoms with van der Waals surface area (Å²) >= 11 is 5.96. The van der Waals surface area contributed by atoms with E-state index in [-0.39, 0.29) is 24.3 Å². The van der Waals surface area contributed by atoms with E-state index in [2.05, 4.69) is 5.32 Å². The molecule has 0 bridgehead atoms. The quantitative estimate of drug-likeness (QED) is 0.633. The molecule has 0 aliphatic carbocycles. The van der Waals surface area contributed by atoms with Crippen molar-refractivity contribution in [2.45, 2.75) is 65.6 Å². The van der Waals surface area contributed by atoms with Crippen molar-refractivity contribution in [3.63, 3.8) is 0 Å². The zero-order chi connectivity index (χ0) is 21.4. The molecule has 4 nitrogen and oxygen atoms in total. The summed E-state index contributed by atoms with van der Waals surface area (Å²) in [6.07, 6.45) is 1.63. The van der Waals surface area contributed by atoms with Gasteiger partial charge in [-0.05, 0) is 49.9 Å². The molecule has 2 atom stereocenters. The van der Waals surface area contributed by atoms with Gasteiger partial charge in [0.25, 0.3) is 0 Å². The van der Waals surface area contributed by atoms with Crippen LogP contribution in [-0.2, 0) is 22.6 Å². The highest BCUT2D eigenvalue weighted by Crippen LogP contribution is 2.17. The summed E-state index contributed by atoms with van der Waals surface area (Å²) < 4.78 is 0. The van der Waals surface area contributed by atoms with Crippen LogP contribution in [0.25, 0.3) is 0 Å². The van der Waals surface area contributed by atoms with Gasteiger partial charge in [-0.3, -0.25) is 9.59 Å². The number of aryl methyl sites for hydroxylation is 1. The molecular weight excluding hydrogens is 384 g/mol. The third kappa shape index (κ3) is 6.90. The van der Waals surface area contributed by atoms with E-state index in [9.17, 15) is 9.59 Å². The van der Waals surface area contributed by atoms with Gasteiger partial charge >= 0.3 is 0 Å². The molecule has 2 aromatic rings. The van der Waals surface area contributed by atoms with Gasteiger partial charge < -0.3 is 10.2 Å². The number of carbonyl (C=O) groups is 2. The Bertz CT molecular complexity index is 803. The first-order valence-corrected chi connectivity index (χ1v) is 10.6. The predicted octanol–water partition coefficient (Wildman–Crippen LogP) is 4.91. The molecule has 0 fully saturated rings. The maximum atomic E-state index is 13.2. The van der Waals surface area contributed by atoms with Crippen LogP contribution in [0.5, 0.6) is 0 Å². The Morgan fingerprint density at radius 2 is 1.55 bits per heavy atom. The molecular formula is C24H31ClN2O2. The fourth-order valence-electron chi connectivity index (χ4n) is 3.13. The lowest BCUT2D eigenvalue weighted by Crippen LogP contribution is -2.51. The van der Waals surface area contributed by atoms with Gasteiger partial charge in [0.1, 0.15) is 6.04 Å². The molecule has 0 saturated heterocycles. The molecule has 0 saturated carbocycles. The Morgan fingerprint density at radius 1 is 0.966 bits per heavy atom. The maximum Gasteiger partial charge on any atom is 0.243 e. The van der Waals surface area contributed by atoms with Gasteiger partial charge in [0, 0.05) is 17.6 Å². The van der Waals surface area contributed by atoms with Gasteiger partial charge in [0.15, 0.2) is 0 Å². The number of carbonyl (C=O) groups excluding carboxylic acids is 2. The number of rotatable bonds is 9. The summed E-state index contributed by atoms with van der Waals surface area (Å²) in [7, 11) is 0. The molecule has 2 aromatic carbocycles. The van der Waals surface area contributed by atoms with Crippen molar-refractivity contribution in [3.8, 4) is 0 Å². The van der Waals surface area contributed by atoms with Crippen LogP contribution in [0.1, 0.15) is 50.3 Å². The minimum absolute atomic E-state index is 0.0703. The highest BCUT2D eigenvalue weighted by atomic mass is 35.5. The molecule has 0 spiro atoms. The zero-order valence-electron chi connectivity index (χ0n) is 17.7. The molecule has 1 N–H and O–H groups in total. The fourth-order valence-corrected chi connectivity index (χ4v) is 3.26. The number of nitrogens with zero attached hydrogens (tertiary/aromatic N) is 1. The zero-order valence-corrected chi connectivity index (χ0v) is 18.5. The molecule has 0 unspecified atom stereocenters. The Balaban J connectivity index is 2.26. The number of halogens is 1. The highest BCUT2D eigenvalue weighted by Gasteiger charge is 2.29. The van der Waals surface area contributed by atoms with Crippen LogP contribution in [0.2, 0.25) is 5.02 Å². The van der Waals surface area contributed by atoms with Gasteiger partial charge in [-0.2, -0.15) is 0 Å². The molecule has 0 radical (unpaired) electrons. The second-order valence-corrected chi connectivity index (χ2v) is 7.99.